The predicted octanol–water partition coefficient (Wildman–Crippen LogP) is 0.0414. The average Bonchev–Trinajstić information content (AvgIpc) is 2.20. The molecule has 1 unspecified atom stereocenters. The van der Waals surface area contributed by atoms with Crippen molar-refractivity contribution in [2.45, 2.75) is 19.8 Å². The van der Waals surface area contributed by atoms with Crippen LogP contribution in [-0.4, -0.2) is 37.2 Å². The highest BCUT2D eigenvalue weighted by molar-refractivity contribution is 7.52. The first-order valence-electron chi connectivity index (χ1n) is 5.26. The van der Waals surface area contributed by atoms with Gasteiger partial charge in [-0.25, -0.2) is 4.62 Å². The maximum atomic E-state index is 11.3. The summed E-state index contributed by atoms with van der Waals surface area (Å²) in [5.41, 5.74) is 7.75. The molecule has 0 fully saturated rings. The maximum Gasteiger partial charge on any atom is 0.344 e. The van der Waals surface area contributed by atoms with Gasteiger partial charge < -0.3 is 15.9 Å². The molecule has 6 nitrogen and oxygen atoms in total. The van der Waals surface area contributed by atoms with Crippen LogP contribution in [0.25, 0.3) is 0 Å². The molecule has 0 aliphatic heterocycles. The zero-order chi connectivity index (χ0) is 11.6. The summed E-state index contributed by atoms with van der Waals surface area (Å²) in [4.78, 5) is 9.28. The summed E-state index contributed by atoms with van der Waals surface area (Å²) in [6, 6.07) is 0. The van der Waals surface area contributed by atoms with Crippen molar-refractivity contribution in [1.29, 1.82) is 0 Å². The maximum absolute atomic E-state index is 11.3. The molecule has 0 aliphatic carbocycles. The number of unbranched alkanes of at least 4 members (excludes halogenated alkanes) is 1. The summed E-state index contributed by atoms with van der Waals surface area (Å²) < 4.78 is 16.0. The van der Waals surface area contributed by atoms with Gasteiger partial charge in [-0.3, -0.25) is 4.57 Å². The first-order chi connectivity index (χ1) is 7.12. The lowest BCUT2D eigenvalue weighted by Crippen LogP contribution is -2.30. The van der Waals surface area contributed by atoms with Gasteiger partial charge in [0.25, 0.3) is 0 Å². The molecule has 0 aromatic heterocycles. The van der Waals surface area contributed by atoms with Crippen LogP contribution in [0, 0.1) is 0 Å². The van der Waals surface area contributed by atoms with Gasteiger partial charge in [-0.15, -0.1) is 0 Å². The third-order valence-corrected chi connectivity index (χ3v) is 3.02. The Labute approximate surface area is 91.1 Å². The second-order valence-electron chi connectivity index (χ2n) is 3.24. The molecule has 0 bridgehead atoms. The molecule has 0 aromatic carbocycles. The van der Waals surface area contributed by atoms with Crippen LogP contribution in [0.2, 0.25) is 0 Å². The largest absolute Gasteiger partial charge is 0.344 e. The SMILES string of the molecule is CCCCP(=O)(O)ONCCNCCN. The van der Waals surface area contributed by atoms with Crippen LogP contribution in [0.3, 0.4) is 0 Å². The van der Waals surface area contributed by atoms with Gasteiger partial charge in [0, 0.05) is 26.2 Å². The first kappa shape index (κ1) is 15.0. The number of nitrogens with two attached hydrogens (primary N) is 1. The van der Waals surface area contributed by atoms with E-state index in [1.165, 1.54) is 0 Å². The number of hydrogen-bond acceptors (Lipinski definition) is 5. The normalized spacial score (nSPS) is 15.1. The van der Waals surface area contributed by atoms with E-state index in [-0.39, 0.29) is 6.16 Å². The molecule has 0 spiro atoms. The molecule has 5 N–H and O–H groups in total. The third-order valence-electron chi connectivity index (χ3n) is 1.73. The minimum Gasteiger partial charge on any atom is -0.329 e. The third kappa shape index (κ3) is 10.3. The molecule has 0 heterocycles. The lowest BCUT2D eigenvalue weighted by molar-refractivity contribution is 0.166. The number of hydrogen-bond donors (Lipinski definition) is 4. The molecule has 0 aromatic rings. The molecule has 0 aliphatic rings. The van der Waals surface area contributed by atoms with Gasteiger partial charge in [0.15, 0.2) is 0 Å². The van der Waals surface area contributed by atoms with Gasteiger partial charge in [-0.1, -0.05) is 13.3 Å². The van der Waals surface area contributed by atoms with Gasteiger partial charge >= 0.3 is 7.60 Å². The molecule has 0 saturated carbocycles. The second kappa shape index (κ2) is 9.27. The first-order valence-corrected chi connectivity index (χ1v) is 7.02. The Hall–Kier alpha value is 0.0300. The van der Waals surface area contributed by atoms with Crippen molar-refractivity contribution in [3.05, 3.63) is 0 Å². The van der Waals surface area contributed by atoms with Gasteiger partial charge in [0.05, 0.1) is 6.16 Å². The zero-order valence-corrected chi connectivity index (χ0v) is 10.1. The van der Waals surface area contributed by atoms with E-state index in [2.05, 4.69) is 10.8 Å². The molecule has 92 valence electrons. The van der Waals surface area contributed by atoms with Crippen molar-refractivity contribution in [3.63, 3.8) is 0 Å². The lowest BCUT2D eigenvalue weighted by atomic mass is 10.4. The van der Waals surface area contributed by atoms with E-state index >= 15 is 0 Å². The number of hydroxylamine groups is 1. The van der Waals surface area contributed by atoms with Crippen molar-refractivity contribution in [2.75, 3.05) is 32.3 Å². The molecule has 0 amide bonds. The van der Waals surface area contributed by atoms with Gasteiger partial charge in [-0.2, -0.15) is 5.48 Å². The van der Waals surface area contributed by atoms with E-state index in [1.54, 1.807) is 0 Å². The Kier molecular flexibility index (Phi) is 9.29. The molecule has 0 saturated heterocycles. The van der Waals surface area contributed by atoms with E-state index in [4.69, 9.17) is 10.4 Å². The van der Waals surface area contributed by atoms with Crippen LogP contribution in [0.1, 0.15) is 19.8 Å². The molecular weight excluding hydrogens is 217 g/mol. The van der Waals surface area contributed by atoms with Crippen LogP contribution < -0.4 is 16.5 Å². The van der Waals surface area contributed by atoms with Gasteiger partial charge in [0.2, 0.25) is 0 Å². The fourth-order valence-electron chi connectivity index (χ4n) is 0.917. The van der Waals surface area contributed by atoms with Crippen molar-refractivity contribution < 1.29 is 14.1 Å². The summed E-state index contributed by atoms with van der Waals surface area (Å²) in [5.74, 6) is 0. The van der Waals surface area contributed by atoms with Crippen LogP contribution >= 0.6 is 7.60 Å². The Morgan fingerprint density at radius 1 is 1.40 bits per heavy atom. The molecule has 1 atom stereocenters. The minimum absolute atomic E-state index is 0.201. The van der Waals surface area contributed by atoms with Crippen LogP contribution in [0.4, 0.5) is 0 Å². The van der Waals surface area contributed by atoms with Crippen molar-refractivity contribution in [3.8, 4) is 0 Å². The molecule has 15 heavy (non-hydrogen) atoms. The highest BCUT2D eigenvalue weighted by Crippen LogP contribution is 2.41. The zero-order valence-electron chi connectivity index (χ0n) is 9.24. The Balaban J connectivity index is 3.36. The molecule has 0 radical (unpaired) electrons. The van der Waals surface area contributed by atoms with E-state index in [1.807, 2.05) is 6.92 Å². The molecular formula is C8H22N3O3P. The minimum atomic E-state index is -3.43. The summed E-state index contributed by atoms with van der Waals surface area (Å²) in [6.45, 7) is 4.41. The van der Waals surface area contributed by atoms with Crippen molar-refractivity contribution in [1.82, 2.24) is 10.8 Å². The van der Waals surface area contributed by atoms with E-state index in [9.17, 15) is 9.46 Å². The van der Waals surface area contributed by atoms with Gasteiger partial charge in [0.1, 0.15) is 0 Å². The Morgan fingerprint density at radius 3 is 2.73 bits per heavy atom. The number of nitrogens with one attached hydrogen (secondary N) is 2. The summed E-state index contributed by atoms with van der Waals surface area (Å²) in [6.07, 6.45) is 1.78. The highest BCUT2D eigenvalue weighted by Gasteiger charge is 2.17. The molecule has 7 heteroatoms. The van der Waals surface area contributed by atoms with Crippen LogP contribution in [0.15, 0.2) is 0 Å². The van der Waals surface area contributed by atoms with Crippen molar-refractivity contribution in [2.24, 2.45) is 5.73 Å². The highest BCUT2D eigenvalue weighted by atomic mass is 31.2. The lowest BCUT2D eigenvalue weighted by Gasteiger charge is -2.11. The molecule has 0 rings (SSSR count). The van der Waals surface area contributed by atoms with Crippen LogP contribution in [0.5, 0.6) is 0 Å². The second-order valence-corrected chi connectivity index (χ2v) is 5.14. The Morgan fingerprint density at radius 2 is 2.13 bits per heavy atom. The fourth-order valence-corrected chi connectivity index (χ4v) is 2.02. The van der Waals surface area contributed by atoms with Crippen LogP contribution in [-0.2, 0) is 9.19 Å². The average molecular weight is 239 g/mol. The topological polar surface area (TPSA) is 96.6 Å². The number of rotatable bonds is 10. The fraction of sp³-hybridized carbons (Fsp3) is 1.00. The monoisotopic (exact) mass is 239 g/mol. The van der Waals surface area contributed by atoms with E-state index < -0.39 is 7.60 Å². The quantitative estimate of drug-likeness (QED) is 0.244. The summed E-state index contributed by atoms with van der Waals surface area (Å²) >= 11 is 0. The smallest absolute Gasteiger partial charge is 0.329 e. The van der Waals surface area contributed by atoms with Crippen molar-refractivity contribution >= 4 is 7.60 Å². The Bertz CT molecular complexity index is 192. The predicted molar refractivity (Wildman–Crippen MR) is 60.6 cm³/mol. The van der Waals surface area contributed by atoms with E-state index in [0.717, 1.165) is 13.0 Å². The summed E-state index contributed by atoms with van der Waals surface area (Å²) in [7, 11) is -3.43. The standard InChI is InChI=1S/C8H22N3O3P/c1-2-3-8-15(12,13)14-11-7-6-10-5-4-9/h10-11H,2-9H2,1H3,(H,12,13). The van der Waals surface area contributed by atoms with Gasteiger partial charge in [-0.05, 0) is 6.42 Å². The summed E-state index contributed by atoms with van der Waals surface area (Å²) in [5, 5.41) is 3.03. The van der Waals surface area contributed by atoms with E-state index in [0.29, 0.717) is 26.1 Å².